The smallest absolute Gasteiger partial charge is 0.277 e. The van der Waals surface area contributed by atoms with Crippen LogP contribution in [0.1, 0.15) is 36.6 Å². The molecule has 0 saturated carbocycles. The van der Waals surface area contributed by atoms with Gasteiger partial charge in [-0.15, -0.1) is 0 Å². The van der Waals surface area contributed by atoms with Gasteiger partial charge in [0.1, 0.15) is 17.3 Å². The summed E-state index contributed by atoms with van der Waals surface area (Å²) in [6, 6.07) is 4.28. The van der Waals surface area contributed by atoms with Crippen LogP contribution in [0.2, 0.25) is 0 Å². The Morgan fingerprint density at radius 3 is 2.47 bits per heavy atom. The molecule has 7 heteroatoms. The van der Waals surface area contributed by atoms with E-state index >= 15 is 0 Å². The van der Waals surface area contributed by atoms with Crippen molar-refractivity contribution in [2.24, 2.45) is 0 Å². The summed E-state index contributed by atoms with van der Waals surface area (Å²) in [5, 5.41) is 3.22. The molecule has 1 aliphatic rings. The maximum absolute atomic E-state index is 13.3. The fourth-order valence-electron chi connectivity index (χ4n) is 4.08. The Morgan fingerprint density at radius 1 is 1.17 bits per heavy atom. The van der Waals surface area contributed by atoms with Crippen molar-refractivity contribution < 1.29 is 14.2 Å². The molecule has 30 heavy (non-hydrogen) atoms. The van der Waals surface area contributed by atoms with Crippen molar-refractivity contribution in [3.8, 4) is 17.1 Å². The van der Waals surface area contributed by atoms with Gasteiger partial charge in [0.05, 0.1) is 31.1 Å². The maximum atomic E-state index is 13.3. The van der Waals surface area contributed by atoms with Crippen LogP contribution < -0.4 is 15.6 Å². The Balaban J connectivity index is 2.04. The molecule has 0 radical (unpaired) electrons. The summed E-state index contributed by atoms with van der Waals surface area (Å²) >= 11 is 0. The van der Waals surface area contributed by atoms with Gasteiger partial charge in [-0.3, -0.25) is 9.36 Å². The fraction of sp³-hybridized carbons (Fsp3) is 0.565. The van der Waals surface area contributed by atoms with Gasteiger partial charge in [0.15, 0.2) is 0 Å². The van der Waals surface area contributed by atoms with Crippen molar-refractivity contribution in [3.05, 3.63) is 39.3 Å². The first-order chi connectivity index (χ1) is 14.5. The third-order valence-electron chi connectivity index (χ3n) is 5.76. The van der Waals surface area contributed by atoms with Gasteiger partial charge in [-0.2, -0.15) is 0 Å². The third-order valence-corrected chi connectivity index (χ3v) is 5.76. The Morgan fingerprint density at radius 2 is 1.87 bits per heavy atom. The predicted molar refractivity (Wildman–Crippen MR) is 119 cm³/mol. The van der Waals surface area contributed by atoms with Crippen LogP contribution in [0.4, 0.5) is 5.69 Å². The summed E-state index contributed by atoms with van der Waals surface area (Å²) in [7, 11) is 4.93. The molecule has 0 aliphatic heterocycles. The molecule has 0 fully saturated rings. The molecule has 1 atom stereocenters. The molecule has 0 amide bonds. The number of ether oxygens (including phenoxy) is 3. The van der Waals surface area contributed by atoms with Crippen molar-refractivity contribution >= 4 is 5.69 Å². The molecule has 1 N–H and O–H groups in total. The number of nitrogens with one attached hydrogen (secondary N) is 1. The van der Waals surface area contributed by atoms with Gasteiger partial charge in [0, 0.05) is 27.3 Å². The van der Waals surface area contributed by atoms with Crippen LogP contribution in [0.15, 0.2) is 16.9 Å². The van der Waals surface area contributed by atoms with E-state index in [0.29, 0.717) is 36.9 Å². The quantitative estimate of drug-likeness (QED) is 0.678. The van der Waals surface area contributed by atoms with E-state index < -0.39 is 0 Å². The zero-order valence-corrected chi connectivity index (χ0v) is 18.7. The first-order valence-corrected chi connectivity index (χ1v) is 10.6. The minimum absolute atomic E-state index is 0.0907. The predicted octanol–water partition coefficient (Wildman–Crippen LogP) is 3.20. The van der Waals surface area contributed by atoms with Gasteiger partial charge in [0.25, 0.3) is 5.56 Å². The fourth-order valence-corrected chi connectivity index (χ4v) is 4.08. The summed E-state index contributed by atoms with van der Waals surface area (Å²) in [4.78, 5) is 18.1. The summed E-state index contributed by atoms with van der Waals surface area (Å²) in [6.07, 6.45) is 4.38. The number of rotatable bonds is 9. The first kappa shape index (κ1) is 22.3. The number of fused-ring (bicyclic) bond motifs is 1. The topological polar surface area (TPSA) is 74.6 Å². The Bertz CT molecular complexity index is 939. The lowest BCUT2D eigenvalue weighted by Crippen LogP contribution is -2.32. The number of anilines is 1. The number of benzene rings is 1. The second-order valence-electron chi connectivity index (χ2n) is 7.67. The largest absolute Gasteiger partial charge is 0.496 e. The minimum atomic E-state index is -0.149. The highest BCUT2D eigenvalue weighted by Crippen LogP contribution is 2.35. The SMILES string of the molecule is CCn1c(-c2cc3c(cc2OC)CCCC3)nc(C)c(NCC(COC)OC)c1=O. The van der Waals surface area contributed by atoms with E-state index in [1.54, 1.807) is 25.9 Å². The van der Waals surface area contributed by atoms with E-state index in [-0.39, 0.29) is 11.7 Å². The van der Waals surface area contributed by atoms with Crippen molar-refractivity contribution in [2.45, 2.75) is 52.2 Å². The van der Waals surface area contributed by atoms with Gasteiger partial charge in [0.2, 0.25) is 0 Å². The molecule has 7 nitrogen and oxygen atoms in total. The van der Waals surface area contributed by atoms with Crippen molar-refractivity contribution in [1.82, 2.24) is 9.55 Å². The van der Waals surface area contributed by atoms with Crippen molar-refractivity contribution in [2.75, 3.05) is 39.8 Å². The van der Waals surface area contributed by atoms with Gasteiger partial charge in [-0.25, -0.2) is 4.98 Å². The van der Waals surface area contributed by atoms with Gasteiger partial charge in [-0.05, 0) is 62.8 Å². The van der Waals surface area contributed by atoms with E-state index in [0.717, 1.165) is 24.2 Å². The highest BCUT2D eigenvalue weighted by Gasteiger charge is 2.21. The molecule has 2 aromatic rings. The van der Waals surface area contributed by atoms with Crippen LogP contribution >= 0.6 is 0 Å². The lowest BCUT2D eigenvalue weighted by molar-refractivity contribution is 0.0365. The molecule has 1 unspecified atom stereocenters. The highest BCUT2D eigenvalue weighted by atomic mass is 16.5. The summed E-state index contributed by atoms with van der Waals surface area (Å²) < 4.78 is 18.0. The van der Waals surface area contributed by atoms with Crippen molar-refractivity contribution in [3.63, 3.8) is 0 Å². The summed E-state index contributed by atoms with van der Waals surface area (Å²) in [5.74, 6) is 1.42. The molecule has 0 spiro atoms. The summed E-state index contributed by atoms with van der Waals surface area (Å²) in [5.41, 5.74) is 4.61. The van der Waals surface area contributed by atoms with Crippen LogP contribution in [-0.4, -0.2) is 50.1 Å². The van der Waals surface area contributed by atoms with Crippen molar-refractivity contribution in [1.29, 1.82) is 0 Å². The first-order valence-electron chi connectivity index (χ1n) is 10.6. The third kappa shape index (κ3) is 4.52. The van der Waals surface area contributed by atoms with Crippen LogP contribution in [0, 0.1) is 6.92 Å². The number of hydrogen-bond donors (Lipinski definition) is 1. The zero-order chi connectivity index (χ0) is 21.7. The molecule has 0 saturated heterocycles. The van der Waals surface area contributed by atoms with E-state index in [2.05, 4.69) is 17.4 Å². The van der Waals surface area contributed by atoms with E-state index in [1.165, 1.54) is 24.0 Å². The average molecular weight is 416 g/mol. The normalized spacial score (nSPS) is 14.3. The number of hydrogen-bond acceptors (Lipinski definition) is 6. The lowest BCUT2D eigenvalue weighted by Gasteiger charge is -2.22. The van der Waals surface area contributed by atoms with Crippen LogP contribution in [-0.2, 0) is 28.9 Å². The minimum Gasteiger partial charge on any atom is -0.496 e. The molecule has 0 bridgehead atoms. The maximum Gasteiger partial charge on any atom is 0.277 e. The van der Waals surface area contributed by atoms with Crippen LogP contribution in [0.25, 0.3) is 11.4 Å². The van der Waals surface area contributed by atoms with Gasteiger partial charge >= 0.3 is 0 Å². The number of aryl methyl sites for hydroxylation is 3. The second kappa shape index (κ2) is 10.1. The molecule has 1 heterocycles. The molecular weight excluding hydrogens is 382 g/mol. The van der Waals surface area contributed by atoms with Gasteiger partial charge < -0.3 is 19.5 Å². The molecule has 1 aromatic heterocycles. The molecule has 164 valence electrons. The van der Waals surface area contributed by atoms with Gasteiger partial charge in [-0.1, -0.05) is 0 Å². The molecular formula is C23H33N3O4. The summed E-state index contributed by atoms with van der Waals surface area (Å²) in [6.45, 7) is 5.24. The number of methoxy groups -OCH3 is 3. The van der Waals surface area contributed by atoms with E-state index in [1.807, 2.05) is 13.8 Å². The highest BCUT2D eigenvalue weighted by molar-refractivity contribution is 5.68. The second-order valence-corrected chi connectivity index (χ2v) is 7.67. The standard InChI is InChI=1S/C23H33N3O4/c1-6-26-22(19-11-16-9-7-8-10-17(16)12-20(19)30-5)25-15(2)21(23(26)27)24-13-18(29-4)14-28-3/h11-12,18,24H,6-10,13-14H2,1-5H3. The monoisotopic (exact) mass is 415 g/mol. The average Bonchev–Trinajstić information content (AvgIpc) is 2.76. The molecule has 1 aromatic carbocycles. The van der Waals surface area contributed by atoms with Crippen LogP contribution in [0.5, 0.6) is 5.75 Å². The number of nitrogens with zero attached hydrogens (tertiary/aromatic N) is 2. The Labute approximate surface area is 178 Å². The molecule has 1 aliphatic carbocycles. The van der Waals surface area contributed by atoms with Crippen LogP contribution in [0.3, 0.4) is 0 Å². The van der Waals surface area contributed by atoms with E-state index in [4.69, 9.17) is 19.2 Å². The lowest BCUT2D eigenvalue weighted by atomic mass is 9.89. The number of aromatic nitrogens is 2. The Kier molecular flexibility index (Phi) is 7.50. The van der Waals surface area contributed by atoms with E-state index in [9.17, 15) is 4.79 Å². The molecule has 3 rings (SSSR count). The Hall–Kier alpha value is -2.38. The zero-order valence-electron chi connectivity index (χ0n) is 18.7.